The number of carbonyl (C=O) groups excluding carboxylic acids is 2. The summed E-state index contributed by atoms with van der Waals surface area (Å²) in [6.45, 7) is 1.67. The van der Waals surface area contributed by atoms with Gasteiger partial charge in [0.05, 0.1) is 22.9 Å². The van der Waals surface area contributed by atoms with Gasteiger partial charge < -0.3 is 4.74 Å². The molecule has 1 heterocycles. The predicted octanol–water partition coefficient (Wildman–Crippen LogP) is 3.67. The maximum Gasteiger partial charge on any atom is 0.341 e. The summed E-state index contributed by atoms with van der Waals surface area (Å²) >= 11 is 5.95. The number of halogens is 3. The minimum Gasteiger partial charge on any atom is -0.462 e. The van der Waals surface area contributed by atoms with E-state index in [2.05, 4.69) is 4.98 Å². The lowest BCUT2D eigenvalue weighted by atomic mass is 10.1. The van der Waals surface area contributed by atoms with Crippen molar-refractivity contribution in [3.63, 3.8) is 0 Å². The Morgan fingerprint density at radius 3 is 2.55 bits per heavy atom. The van der Waals surface area contributed by atoms with Crippen molar-refractivity contribution in [3.05, 3.63) is 52.2 Å². The molecule has 0 amide bonds. The Labute approximate surface area is 129 Å². The molecule has 0 saturated carbocycles. The van der Waals surface area contributed by atoms with Crippen LogP contribution < -0.4 is 0 Å². The van der Waals surface area contributed by atoms with Crippen LogP contribution in [0, 0.1) is 11.6 Å². The molecule has 0 saturated heterocycles. The maximum absolute atomic E-state index is 13.8. The molecule has 114 valence electrons. The van der Waals surface area contributed by atoms with E-state index in [1.165, 1.54) is 6.07 Å². The third kappa shape index (κ3) is 2.96. The number of pyridine rings is 1. The summed E-state index contributed by atoms with van der Waals surface area (Å²) in [7, 11) is 0. The number of carbonyl (C=O) groups is 2. The lowest BCUT2D eigenvalue weighted by molar-refractivity contribution is 0.0524. The molecule has 1 aromatic carbocycles. The van der Waals surface area contributed by atoms with Crippen molar-refractivity contribution < 1.29 is 23.1 Å². The molecule has 0 spiro atoms. The second-order valence-electron chi connectivity index (χ2n) is 4.18. The SMILES string of the molecule is CCOC(=O)c1c(Cl)cc(-c2c(F)cccc2F)nc1C=O. The van der Waals surface area contributed by atoms with E-state index < -0.39 is 23.2 Å². The Hall–Kier alpha value is -2.34. The zero-order chi connectivity index (χ0) is 16.3. The molecule has 0 bridgehead atoms. The topological polar surface area (TPSA) is 56.3 Å². The standard InChI is InChI=1S/C15H10ClF2NO3/c1-2-22-15(21)13-8(16)6-11(19-12(13)7-20)14-9(17)4-3-5-10(14)18/h3-7H,2H2,1H3. The van der Waals surface area contributed by atoms with Crippen LogP contribution in [0.2, 0.25) is 5.02 Å². The van der Waals surface area contributed by atoms with Gasteiger partial charge in [0.25, 0.3) is 0 Å². The highest BCUT2D eigenvalue weighted by Crippen LogP contribution is 2.29. The summed E-state index contributed by atoms with van der Waals surface area (Å²) in [6.07, 6.45) is 0.278. The molecule has 4 nitrogen and oxygen atoms in total. The average molecular weight is 326 g/mol. The molecule has 2 rings (SSSR count). The van der Waals surface area contributed by atoms with Crippen LogP contribution >= 0.6 is 11.6 Å². The quantitative estimate of drug-likeness (QED) is 0.635. The first-order chi connectivity index (χ1) is 10.5. The molecule has 2 aromatic rings. The molecule has 0 aliphatic heterocycles. The van der Waals surface area contributed by atoms with Crippen LogP contribution in [0.1, 0.15) is 27.8 Å². The number of benzene rings is 1. The molecule has 0 atom stereocenters. The number of aromatic nitrogens is 1. The molecule has 0 N–H and O–H groups in total. The van der Waals surface area contributed by atoms with E-state index in [0.29, 0.717) is 0 Å². The van der Waals surface area contributed by atoms with Crippen molar-refractivity contribution in [3.8, 4) is 11.3 Å². The van der Waals surface area contributed by atoms with Gasteiger partial charge >= 0.3 is 5.97 Å². The Morgan fingerprint density at radius 1 is 1.36 bits per heavy atom. The number of ether oxygens (including phenoxy) is 1. The Morgan fingerprint density at radius 2 is 2.00 bits per heavy atom. The van der Waals surface area contributed by atoms with Crippen LogP contribution in [-0.4, -0.2) is 23.8 Å². The average Bonchev–Trinajstić information content (AvgIpc) is 2.46. The molecule has 0 radical (unpaired) electrons. The van der Waals surface area contributed by atoms with Gasteiger partial charge in [-0.1, -0.05) is 17.7 Å². The van der Waals surface area contributed by atoms with E-state index >= 15 is 0 Å². The van der Waals surface area contributed by atoms with Gasteiger partial charge in [-0.2, -0.15) is 0 Å². The van der Waals surface area contributed by atoms with E-state index in [0.717, 1.165) is 18.2 Å². The van der Waals surface area contributed by atoms with Crippen molar-refractivity contribution in [2.75, 3.05) is 6.61 Å². The zero-order valence-corrected chi connectivity index (χ0v) is 12.2. The fourth-order valence-corrected chi connectivity index (χ4v) is 2.17. The Bertz CT molecular complexity index is 730. The van der Waals surface area contributed by atoms with Crippen LogP contribution in [0.15, 0.2) is 24.3 Å². The summed E-state index contributed by atoms with van der Waals surface area (Å²) in [5.41, 5.74) is -1.19. The van der Waals surface area contributed by atoms with Gasteiger partial charge in [-0.05, 0) is 25.1 Å². The van der Waals surface area contributed by atoms with Gasteiger partial charge in [-0.25, -0.2) is 18.6 Å². The van der Waals surface area contributed by atoms with Crippen LogP contribution in [0.5, 0.6) is 0 Å². The highest BCUT2D eigenvalue weighted by Gasteiger charge is 2.22. The van der Waals surface area contributed by atoms with Gasteiger partial charge in [0.2, 0.25) is 0 Å². The fourth-order valence-electron chi connectivity index (χ4n) is 1.89. The second kappa shape index (κ2) is 6.62. The highest BCUT2D eigenvalue weighted by atomic mass is 35.5. The summed E-state index contributed by atoms with van der Waals surface area (Å²) in [5, 5.41) is -0.173. The lowest BCUT2D eigenvalue weighted by Crippen LogP contribution is -2.11. The number of hydrogen-bond acceptors (Lipinski definition) is 4. The molecule has 22 heavy (non-hydrogen) atoms. The van der Waals surface area contributed by atoms with Crippen LogP contribution in [-0.2, 0) is 4.74 Å². The smallest absolute Gasteiger partial charge is 0.341 e. The van der Waals surface area contributed by atoms with Gasteiger partial charge in [-0.15, -0.1) is 0 Å². The van der Waals surface area contributed by atoms with Gasteiger partial charge in [-0.3, -0.25) is 4.79 Å². The van der Waals surface area contributed by atoms with Gasteiger partial charge in [0.1, 0.15) is 22.9 Å². The van der Waals surface area contributed by atoms with Crippen molar-refractivity contribution in [1.29, 1.82) is 0 Å². The summed E-state index contributed by atoms with van der Waals surface area (Å²) in [4.78, 5) is 26.7. The first-order valence-corrected chi connectivity index (χ1v) is 6.64. The van der Waals surface area contributed by atoms with Crippen molar-refractivity contribution in [2.24, 2.45) is 0 Å². The van der Waals surface area contributed by atoms with Crippen molar-refractivity contribution in [2.45, 2.75) is 6.92 Å². The summed E-state index contributed by atoms with van der Waals surface area (Å²) < 4.78 is 32.3. The molecule has 0 fully saturated rings. The minimum absolute atomic E-state index is 0.0805. The zero-order valence-electron chi connectivity index (χ0n) is 11.4. The third-order valence-electron chi connectivity index (χ3n) is 2.81. The van der Waals surface area contributed by atoms with Crippen LogP contribution in [0.25, 0.3) is 11.3 Å². The molecule has 0 aliphatic carbocycles. The number of rotatable bonds is 4. The van der Waals surface area contributed by atoms with Gasteiger partial charge in [0.15, 0.2) is 6.29 Å². The monoisotopic (exact) mass is 325 g/mol. The van der Waals surface area contributed by atoms with Crippen LogP contribution in [0.3, 0.4) is 0 Å². The fraction of sp³-hybridized carbons (Fsp3) is 0.133. The van der Waals surface area contributed by atoms with E-state index in [4.69, 9.17) is 16.3 Å². The van der Waals surface area contributed by atoms with E-state index in [9.17, 15) is 18.4 Å². The number of nitrogens with zero attached hydrogens (tertiary/aromatic N) is 1. The number of hydrogen-bond donors (Lipinski definition) is 0. The van der Waals surface area contributed by atoms with E-state index in [-0.39, 0.29) is 34.9 Å². The highest BCUT2D eigenvalue weighted by molar-refractivity contribution is 6.34. The van der Waals surface area contributed by atoms with Gasteiger partial charge in [0, 0.05) is 0 Å². The third-order valence-corrected chi connectivity index (χ3v) is 3.11. The van der Waals surface area contributed by atoms with Crippen LogP contribution in [0.4, 0.5) is 8.78 Å². The normalized spacial score (nSPS) is 10.4. The first kappa shape index (κ1) is 16.0. The maximum atomic E-state index is 13.8. The number of aldehydes is 1. The number of esters is 1. The summed E-state index contributed by atoms with van der Waals surface area (Å²) in [5.74, 6) is -2.55. The lowest BCUT2D eigenvalue weighted by Gasteiger charge is -2.10. The second-order valence-corrected chi connectivity index (χ2v) is 4.59. The minimum atomic E-state index is -0.857. The first-order valence-electron chi connectivity index (χ1n) is 6.26. The molecular formula is C15H10ClF2NO3. The van der Waals surface area contributed by atoms with Crippen molar-refractivity contribution in [1.82, 2.24) is 4.98 Å². The largest absolute Gasteiger partial charge is 0.462 e. The molecule has 0 aliphatic rings. The Balaban J connectivity index is 2.65. The molecule has 1 aromatic heterocycles. The van der Waals surface area contributed by atoms with E-state index in [1.54, 1.807) is 6.92 Å². The van der Waals surface area contributed by atoms with E-state index in [1.807, 2.05) is 0 Å². The van der Waals surface area contributed by atoms with Crippen molar-refractivity contribution >= 4 is 23.9 Å². The molecular weight excluding hydrogens is 316 g/mol. The predicted molar refractivity (Wildman–Crippen MR) is 75.9 cm³/mol. The summed E-state index contributed by atoms with van der Waals surface area (Å²) in [6, 6.07) is 4.41. The Kier molecular flexibility index (Phi) is 4.82. The molecule has 7 heteroatoms. The molecule has 0 unspecified atom stereocenters.